The number of pyridine rings is 1. The normalized spacial score (nSPS) is 10.6. The standard InChI is InChI=1S/C14H16N2O3/c1-10-12(14(17)18)8-13(16(10)6-7-19-2)11-4-3-5-15-9-11/h3-5,8-9H,6-7H2,1-2H3,(H,17,18). The summed E-state index contributed by atoms with van der Waals surface area (Å²) in [5.74, 6) is -0.918. The minimum atomic E-state index is -0.918. The van der Waals surface area contributed by atoms with Crippen LogP contribution in [-0.4, -0.2) is 34.3 Å². The number of ether oxygens (including phenoxy) is 1. The predicted octanol–water partition coefficient (Wildman–Crippen LogP) is 2.20. The van der Waals surface area contributed by atoms with Gasteiger partial charge in [-0.15, -0.1) is 0 Å². The molecule has 0 spiro atoms. The van der Waals surface area contributed by atoms with Crippen LogP contribution in [0.5, 0.6) is 0 Å². The van der Waals surface area contributed by atoms with Gasteiger partial charge in [0.2, 0.25) is 0 Å². The molecule has 0 fully saturated rings. The number of nitrogens with zero attached hydrogens (tertiary/aromatic N) is 2. The Balaban J connectivity index is 2.52. The average molecular weight is 260 g/mol. The highest BCUT2D eigenvalue weighted by Gasteiger charge is 2.17. The van der Waals surface area contributed by atoms with E-state index in [1.165, 1.54) is 0 Å². The summed E-state index contributed by atoms with van der Waals surface area (Å²) in [7, 11) is 1.63. The Morgan fingerprint density at radius 1 is 1.53 bits per heavy atom. The number of carboxylic acids is 1. The van der Waals surface area contributed by atoms with Crippen molar-refractivity contribution in [1.29, 1.82) is 0 Å². The molecule has 2 aromatic heterocycles. The zero-order valence-electron chi connectivity index (χ0n) is 11.0. The van der Waals surface area contributed by atoms with Crippen LogP contribution in [0.3, 0.4) is 0 Å². The maximum atomic E-state index is 11.2. The molecule has 0 aliphatic rings. The molecular weight excluding hydrogens is 244 g/mol. The Kier molecular flexibility index (Phi) is 3.97. The molecule has 0 saturated carbocycles. The van der Waals surface area contributed by atoms with E-state index in [-0.39, 0.29) is 0 Å². The van der Waals surface area contributed by atoms with Crippen LogP contribution in [0, 0.1) is 6.92 Å². The molecule has 1 N–H and O–H groups in total. The molecule has 0 saturated heterocycles. The van der Waals surface area contributed by atoms with Crippen LogP contribution < -0.4 is 0 Å². The van der Waals surface area contributed by atoms with Crippen LogP contribution in [0.1, 0.15) is 16.1 Å². The van der Waals surface area contributed by atoms with E-state index in [0.717, 1.165) is 17.0 Å². The lowest BCUT2D eigenvalue weighted by molar-refractivity contribution is 0.0696. The summed E-state index contributed by atoms with van der Waals surface area (Å²) in [4.78, 5) is 15.3. The summed E-state index contributed by atoms with van der Waals surface area (Å²) in [6.45, 7) is 2.95. The van der Waals surface area contributed by atoms with Crippen LogP contribution in [0.2, 0.25) is 0 Å². The summed E-state index contributed by atoms with van der Waals surface area (Å²) in [5, 5.41) is 9.22. The first-order chi connectivity index (χ1) is 9.15. The molecule has 5 nitrogen and oxygen atoms in total. The van der Waals surface area contributed by atoms with Crippen molar-refractivity contribution in [3.63, 3.8) is 0 Å². The maximum absolute atomic E-state index is 11.2. The largest absolute Gasteiger partial charge is 0.478 e. The monoisotopic (exact) mass is 260 g/mol. The number of carboxylic acid groups (broad SMARTS) is 1. The molecule has 0 aliphatic carbocycles. The molecule has 0 atom stereocenters. The van der Waals surface area contributed by atoms with Gasteiger partial charge in [-0.25, -0.2) is 4.79 Å². The average Bonchev–Trinajstić information content (AvgIpc) is 2.75. The first kappa shape index (κ1) is 13.3. The highest BCUT2D eigenvalue weighted by Crippen LogP contribution is 2.25. The van der Waals surface area contributed by atoms with Gasteiger partial charge in [-0.3, -0.25) is 4.98 Å². The lowest BCUT2D eigenvalue weighted by atomic mass is 10.2. The molecule has 0 radical (unpaired) electrons. The molecule has 0 aliphatic heterocycles. The lowest BCUT2D eigenvalue weighted by Gasteiger charge is -2.11. The number of rotatable bonds is 5. The van der Waals surface area contributed by atoms with Crippen molar-refractivity contribution >= 4 is 5.97 Å². The number of aromatic nitrogens is 2. The third-order valence-electron chi connectivity index (χ3n) is 3.07. The molecular formula is C14H16N2O3. The Labute approximate surface area is 111 Å². The van der Waals surface area contributed by atoms with Crippen LogP contribution in [0.15, 0.2) is 30.6 Å². The maximum Gasteiger partial charge on any atom is 0.337 e. The topological polar surface area (TPSA) is 64.4 Å². The lowest BCUT2D eigenvalue weighted by Crippen LogP contribution is -2.08. The van der Waals surface area contributed by atoms with E-state index in [1.807, 2.05) is 16.7 Å². The summed E-state index contributed by atoms with van der Waals surface area (Å²) in [6, 6.07) is 5.43. The van der Waals surface area contributed by atoms with Crippen LogP contribution in [0.25, 0.3) is 11.3 Å². The fourth-order valence-electron chi connectivity index (χ4n) is 2.09. The molecule has 0 amide bonds. The highest BCUT2D eigenvalue weighted by atomic mass is 16.5. The van der Waals surface area contributed by atoms with Crippen molar-refractivity contribution < 1.29 is 14.6 Å². The van der Waals surface area contributed by atoms with Crippen molar-refractivity contribution in [1.82, 2.24) is 9.55 Å². The number of carbonyl (C=O) groups is 1. The number of hydrogen-bond acceptors (Lipinski definition) is 3. The van der Waals surface area contributed by atoms with Gasteiger partial charge >= 0.3 is 5.97 Å². The summed E-state index contributed by atoms with van der Waals surface area (Å²) in [5.41, 5.74) is 2.78. The van der Waals surface area contributed by atoms with Crippen LogP contribution in [-0.2, 0) is 11.3 Å². The zero-order chi connectivity index (χ0) is 13.8. The van der Waals surface area contributed by atoms with E-state index in [9.17, 15) is 9.90 Å². The van der Waals surface area contributed by atoms with Crippen molar-refractivity contribution in [2.75, 3.05) is 13.7 Å². The van der Waals surface area contributed by atoms with Gasteiger partial charge in [-0.2, -0.15) is 0 Å². The molecule has 2 aromatic rings. The fourth-order valence-corrected chi connectivity index (χ4v) is 2.09. The SMILES string of the molecule is COCCn1c(-c2cccnc2)cc(C(=O)O)c1C. The summed E-state index contributed by atoms with van der Waals surface area (Å²) < 4.78 is 7.03. The van der Waals surface area contributed by atoms with Crippen molar-refractivity contribution in [3.05, 3.63) is 41.9 Å². The minimum Gasteiger partial charge on any atom is -0.478 e. The summed E-state index contributed by atoms with van der Waals surface area (Å²) >= 11 is 0. The van der Waals surface area contributed by atoms with Crippen LogP contribution >= 0.6 is 0 Å². The van der Waals surface area contributed by atoms with E-state index in [2.05, 4.69) is 4.98 Å². The molecule has 19 heavy (non-hydrogen) atoms. The first-order valence-corrected chi connectivity index (χ1v) is 5.98. The van der Waals surface area contributed by atoms with Gasteiger partial charge in [0.15, 0.2) is 0 Å². The summed E-state index contributed by atoms with van der Waals surface area (Å²) in [6.07, 6.45) is 3.42. The minimum absolute atomic E-state index is 0.315. The quantitative estimate of drug-likeness (QED) is 0.895. The van der Waals surface area contributed by atoms with Crippen molar-refractivity contribution in [2.24, 2.45) is 0 Å². The van der Waals surface area contributed by atoms with Gasteiger partial charge in [-0.05, 0) is 25.1 Å². The van der Waals surface area contributed by atoms with E-state index < -0.39 is 5.97 Å². The smallest absolute Gasteiger partial charge is 0.337 e. The number of aromatic carboxylic acids is 1. The van der Waals surface area contributed by atoms with Crippen molar-refractivity contribution in [3.8, 4) is 11.3 Å². The third-order valence-corrected chi connectivity index (χ3v) is 3.07. The second-order valence-electron chi connectivity index (χ2n) is 4.22. The Morgan fingerprint density at radius 2 is 2.32 bits per heavy atom. The molecule has 2 heterocycles. The van der Waals surface area contributed by atoms with E-state index in [4.69, 9.17) is 4.74 Å². The molecule has 100 valence electrons. The second kappa shape index (κ2) is 5.67. The van der Waals surface area contributed by atoms with Crippen molar-refractivity contribution in [2.45, 2.75) is 13.5 Å². The fraction of sp³-hybridized carbons (Fsp3) is 0.286. The highest BCUT2D eigenvalue weighted by molar-refractivity contribution is 5.91. The molecule has 0 aromatic carbocycles. The van der Waals surface area contributed by atoms with Gasteiger partial charge in [0.25, 0.3) is 0 Å². The van der Waals surface area contributed by atoms with E-state index in [1.54, 1.807) is 32.5 Å². The van der Waals surface area contributed by atoms with E-state index >= 15 is 0 Å². The molecule has 0 unspecified atom stereocenters. The molecule has 2 rings (SSSR count). The zero-order valence-corrected chi connectivity index (χ0v) is 11.0. The molecule has 0 bridgehead atoms. The predicted molar refractivity (Wildman–Crippen MR) is 71.2 cm³/mol. The van der Waals surface area contributed by atoms with Gasteiger partial charge in [0, 0.05) is 37.3 Å². The number of hydrogen-bond donors (Lipinski definition) is 1. The van der Waals surface area contributed by atoms with Gasteiger partial charge in [0.05, 0.1) is 17.9 Å². The van der Waals surface area contributed by atoms with Gasteiger partial charge in [0.1, 0.15) is 0 Å². The number of methoxy groups -OCH3 is 1. The third kappa shape index (κ3) is 2.66. The van der Waals surface area contributed by atoms with Crippen LogP contribution in [0.4, 0.5) is 0 Å². The van der Waals surface area contributed by atoms with Gasteiger partial charge < -0.3 is 14.4 Å². The first-order valence-electron chi connectivity index (χ1n) is 5.98. The van der Waals surface area contributed by atoms with Gasteiger partial charge in [-0.1, -0.05) is 0 Å². The Morgan fingerprint density at radius 3 is 2.89 bits per heavy atom. The molecule has 5 heteroatoms. The van der Waals surface area contributed by atoms with E-state index in [0.29, 0.717) is 18.7 Å². The Hall–Kier alpha value is -2.14. The second-order valence-corrected chi connectivity index (χ2v) is 4.22. The Bertz CT molecular complexity index is 576.